The standard InChI is InChI=1S/C17H33NO2/c1-16(2,3)11-14(15(19)18-17(4,5)6)20-12-13-9-7-8-10-13/h13-14H,7-12H2,1-6H3,(H,18,19). The molecule has 0 heterocycles. The maximum atomic E-state index is 12.4. The van der Waals surface area contributed by atoms with Crippen LogP contribution in [0.2, 0.25) is 0 Å². The van der Waals surface area contributed by atoms with Crippen molar-refractivity contribution in [3.8, 4) is 0 Å². The summed E-state index contributed by atoms with van der Waals surface area (Å²) in [5.41, 5.74) is -0.112. The van der Waals surface area contributed by atoms with Gasteiger partial charge in [-0.2, -0.15) is 0 Å². The molecule has 0 aromatic carbocycles. The molecule has 1 aliphatic carbocycles. The van der Waals surface area contributed by atoms with Gasteiger partial charge in [-0.3, -0.25) is 4.79 Å². The fraction of sp³-hybridized carbons (Fsp3) is 0.941. The molecule has 1 fully saturated rings. The Morgan fingerprint density at radius 3 is 2.15 bits per heavy atom. The second kappa shape index (κ2) is 6.93. The molecule has 1 amide bonds. The number of carbonyl (C=O) groups is 1. The average molecular weight is 283 g/mol. The van der Waals surface area contributed by atoms with Gasteiger partial charge in [0.05, 0.1) is 6.61 Å². The van der Waals surface area contributed by atoms with Crippen LogP contribution in [0.4, 0.5) is 0 Å². The monoisotopic (exact) mass is 283 g/mol. The van der Waals surface area contributed by atoms with Gasteiger partial charge >= 0.3 is 0 Å². The molecule has 1 unspecified atom stereocenters. The van der Waals surface area contributed by atoms with E-state index in [9.17, 15) is 4.79 Å². The van der Waals surface area contributed by atoms with E-state index < -0.39 is 0 Å². The Morgan fingerprint density at radius 2 is 1.70 bits per heavy atom. The molecule has 0 saturated heterocycles. The van der Waals surface area contributed by atoms with Crippen molar-refractivity contribution < 1.29 is 9.53 Å². The number of hydrogen-bond donors (Lipinski definition) is 1. The molecule has 1 N–H and O–H groups in total. The molecule has 1 saturated carbocycles. The molecule has 3 nitrogen and oxygen atoms in total. The summed E-state index contributed by atoms with van der Waals surface area (Å²) in [4.78, 5) is 12.4. The highest BCUT2D eigenvalue weighted by atomic mass is 16.5. The van der Waals surface area contributed by atoms with Gasteiger partial charge in [-0.05, 0) is 51.4 Å². The van der Waals surface area contributed by atoms with Gasteiger partial charge in [0.2, 0.25) is 5.91 Å². The van der Waals surface area contributed by atoms with Gasteiger partial charge in [0.1, 0.15) is 6.10 Å². The zero-order valence-corrected chi connectivity index (χ0v) is 14.2. The summed E-state index contributed by atoms with van der Waals surface area (Å²) in [7, 11) is 0. The molecule has 1 atom stereocenters. The van der Waals surface area contributed by atoms with Crippen LogP contribution in [-0.4, -0.2) is 24.2 Å². The Kier molecular flexibility index (Phi) is 6.06. The topological polar surface area (TPSA) is 38.3 Å². The van der Waals surface area contributed by atoms with Crippen LogP contribution in [-0.2, 0) is 9.53 Å². The first kappa shape index (κ1) is 17.5. The lowest BCUT2D eigenvalue weighted by atomic mass is 9.88. The number of hydrogen-bond acceptors (Lipinski definition) is 2. The third kappa shape index (κ3) is 7.28. The van der Waals surface area contributed by atoms with Gasteiger partial charge in [0.15, 0.2) is 0 Å². The van der Waals surface area contributed by atoms with E-state index in [1.165, 1.54) is 25.7 Å². The molecule has 0 aromatic rings. The molecule has 20 heavy (non-hydrogen) atoms. The van der Waals surface area contributed by atoms with Crippen LogP contribution in [0, 0.1) is 11.3 Å². The number of ether oxygens (including phenoxy) is 1. The van der Waals surface area contributed by atoms with E-state index in [0.29, 0.717) is 5.92 Å². The lowest BCUT2D eigenvalue weighted by molar-refractivity contribution is -0.137. The van der Waals surface area contributed by atoms with Crippen molar-refractivity contribution in [1.29, 1.82) is 0 Å². The molecule has 0 bridgehead atoms. The minimum atomic E-state index is -0.324. The summed E-state index contributed by atoms with van der Waals surface area (Å²) in [6.45, 7) is 13.2. The van der Waals surface area contributed by atoms with Crippen molar-refractivity contribution >= 4 is 5.91 Å². The lowest BCUT2D eigenvalue weighted by Gasteiger charge is -2.29. The molecule has 0 spiro atoms. The van der Waals surface area contributed by atoms with E-state index in [-0.39, 0.29) is 23.0 Å². The predicted molar refractivity (Wildman–Crippen MR) is 83.7 cm³/mol. The zero-order chi connectivity index (χ0) is 15.4. The largest absolute Gasteiger partial charge is 0.368 e. The Labute approximate surface area is 124 Å². The quantitative estimate of drug-likeness (QED) is 0.830. The van der Waals surface area contributed by atoms with Crippen molar-refractivity contribution in [3.05, 3.63) is 0 Å². The molecular weight excluding hydrogens is 250 g/mol. The van der Waals surface area contributed by atoms with Crippen LogP contribution in [0.5, 0.6) is 0 Å². The molecular formula is C17H33NO2. The summed E-state index contributed by atoms with van der Waals surface area (Å²) in [5.74, 6) is 0.685. The van der Waals surface area contributed by atoms with Gasteiger partial charge in [0.25, 0.3) is 0 Å². The fourth-order valence-electron chi connectivity index (χ4n) is 2.66. The molecule has 1 aliphatic rings. The molecule has 0 aromatic heterocycles. The molecule has 118 valence electrons. The minimum Gasteiger partial charge on any atom is -0.368 e. The van der Waals surface area contributed by atoms with Crippen LogP contribution in [0.1, 0.15) is 73.6 Å². The lowest BCUT2D eigenvalue weighted by Crippen LogP contribution is -2.48. The third-order valence-electron chi connectivity index (χ3n) is 3.60. The highest BCUT2D eigenvalue weighted by Crippen LogP contribution is 2.27. The average Bonchev–Trinajstić information content (AvgIpc) is 2.72. The number of amides is 1. The highest BCUT2D eigenvalue weighted by Gasteiger charge is 2.29. The minimum absolute atomic E-state index is 0.0328. The maximum Gasteiger partial charge on any atom is 0.249 e. The SMILES string of the molecule is CC(C)(C)CC(OCC1CCCC1)C(=O)NC(C)(C)C. The second-order valence-corrected chi connectivity index (χ2v) is 8.48. The van der Waals surface area contributed by atoms with Crippen LogP contribution in [0.3, 0.4) is 0 Å². The molecule has 0 aliphatic heterocycles. The van der Waals surface area contributed by atoms with E-state index in [4.69, 9.17) is 4.74 Å². The first-order valence-electron chi connectivity index (χ1n) is 8.00. The predicted octanol–water partition coefficient (Wildman–Crippen LogP) is 3.91. The smallest absolute Gasteiger partial charge is 0.249 e. The summed E-state index contributed by atoms with van der Waals surface area (Å²) >= 11 is 0. The summed E-state index contributed by atoms with van der Waals surface area (Å²) in [6.07, 6.45) is 5.57. The van der Waals surface area contributed by atoms with Crippen LogP contribution >= 0.6 is 0 Å². The van der Waals surface area contributed by atoms with Crippen molar-refractivity contribution in [2.75, 3.05) is 6.61 Å². The first-order valence-corrected chi connectivity index (χ1v) is 8.00. The summed E-state index contributed by atoms with van der Waals surface area (Å²) in [6, 6.07) is 0. The molecule has 0 radical (unpaired) electrons. The van der Waals surface area contributed by atoms with Crippen LogP contribution < -0.4 is 5.32 Å². The number of rotatable bonds is 5. The second-order valence-electron chi connectivity index (χ2n) is 8.48. The van der Waals surface area contributed by atoms with E-state index in [0.717, 1.165) is 13.0 Å². The maximum absolute atomic E-state index is 12.4. The Morgan fingerprint density at radius 1 is 1.15 bits per heavy atom. The van der Waals surface area contributed by atoms with Gasteiger partial charge in [0, 0.05) is 5.54 Å². The normalized spacial score (nSPS) is 19.1. The third-order valence-corrected chi connectivity index (χ3v) is 3.60. The van der Waals surface area contributed by atoms with Crippen LogP contribution in [0.25, 0.3) is 0 Å². The Hall–Kier alpha value is -0.570. The van der Waals surface area contributed by atoms with Gasteiger partial charge in [-0.25, -0.2) is 0 Å². The molecule has 1 rings (SSSR count). The van der Waals surface area contributed by atoms with Gasteiger partial charge in [-0.15, -0.1) is 0 Å². The van der Waals surface area contributed by atoms with Crippen LogP contribution in [0.15, 0.2) is 0 Å². The van der Waals surface area contributed by atoms with Crippen molar-refractivity contribution in [3.63, 3.8) is 0 Å². The zero-order valence-electron chi connectivity index (χ0n) is 14.2. The summed E-state index contributed by atoms with van der Waals surface area (Å²) < 4.78 is 6.00. The highest BCUT2D eigenvalue weighted by molar-refractivity contribution is 5.81. The number of carbonyl (C=O) groups excluding carboxylic acids is 1. The summed E-state index contributed by atoms with van der Waals surface area (Å²) in [5, 5.41) is 3.05. The van der Waals surface area contributed by atoms with Crippen molar-refractivity contribution in [1.82, 2.24) is 5.32 Å². The van der Waals surface area contributed by atoms with Gasteiger partial charge < -0.3 is 10.1 Å². The van der Waals surface area contributed by atoms with Gasteiger partial charge in [-0.1, -0.05) is 33.6 Å². The van der Waals surface area contributed by atoms with Crippen molar-refractivity contribution in [2.45, 2.75) is 85.3 Å². The number of nitrogens with one attached hydrogen (secondary N) is 1. The Bertz CT molecular complexity index is 306. The van der Waals surface area contributed by atoms with E-state index in [1.54, 1.807) is 0 Å². The molecule has 3 heteroatoms. The fourth-order valence-corrected chi connectivity index (χ4v) is 2.66. The Balaban J connectivity index is 2.56. The van der Waals surface area contributed by atoms with Crippen molar-refractivity contribution in [2.24, 2.45) is 11.3 Å². The van der Waals surface area contributed by atoms with E-state index in [1.807, 2.05) is 20.8 Å². The first-order chi connectivity index (χ1) is 9.07. The van der Waals surface area contributed by atoms with E-state index in [2.05, 4.69) is 26.1 Å². The van der Waals surface area contributed by atoms with E-state index >= 15 is 0 Å².